The lowest BCUT2D eigenvalue weighted by atomic mass is 9.92. The van der Waals surface area contributed by atoms with E-state index >= 15 is 0 Å². The monoisotopic (exact) mass is 696 g/mol. The molecule has 0 N–H and O–H groups in total. The molecule has 0 bridgehead atoms. The molecule has 0 spiro atoms. The normalized spacial score (nSPS) is 14.0. The molecule has 0 aliphatic heterocycles. The minimum absolute atomic E-state index is 0.0101. The predicted molar refractivity (Wildman–Crippen MR) is 168 cm³/mol. The van der Waals surface area contributed by atoms with E-state index in [1.54, 1.807) is 0 Å². The molecule has 0 aromatic carbocycles. The third kappa shape index (κ3) is 15.9. The van der Waals surface area contributed by atoms with E-state index in [4.69, 9.17) is 37.9 Å². The molecule has 0 amide bonds. The smallest absolute Gasteiger partial charge is 0.347 e. The summed E-state index contributed by atoms with van der Waals surface area (Å²) < 4.78 is 41.1. The maximum atomic E-state index is 12.8. The van der Waals surface area contributed by atoms with Gasteiger partial charge in [-0.3, -0.25) is 0 Å². The van der Waals surface area contributed by atoms with Gasteiger partial charge in [-0.05, 0) is 55.4 Å². The molecule has 0 heterocycles. The van der Waals surface area contributed by atoms with Crippen molar-refractivity contribution in [3.05, 3.63) is 48.6 Å². The second-order valence-electron chi connectivity index (χ2n) is 11.2. The minimum atomic E-state index is -1.91. The Hall–Kier alpha value is -5.28. The molecular weight excluding hydrogens is 652 g/mol. The number of ether oxygens (including phenoxy) is 8. The van der Waals surface area contributed by atoms with Crippen molar-refractivity contribution in [1.29, 1.82) is 0 Å². The van der Waals surface area contributed by atoms with Crippen molar-refractivity contribution in [3.8, 4) is 0 Å². The van der Waals surface area contributed by atoms with Crippen molar-refractivity contribution in [2.45, 2.75) is 79.8 Å². The Morgan fingerprint density at radius 2 is 0.571 bits per heavy atom. The van der Waals surface area contributed by atoms with Crippen LogP contribution in [0.15, 0.2) is 48.6 Å². The summed E-state index contributed by atoms with van der Waals surface area (Å²) in [6.07, 6.45) is -5.89. The minimum Gasteiger partial charge on any atom is -0.462 e. The second kappa shape index (κ2) is 20.2. The molecule has 4 unspecified atom stereocenters. The van der Waals surface area contributed by atoms with E-state index in [9.17, 15) is 38.4 Å². The van der Waals surface area contributed by atoms with Crippen LogP contribution in [0.2, 0.25) is 0 Å². The SMILES string of the molecule is C=C(C)C(=O)OC(C)C(=O)OCC(COC(=O)C(C)OC(=O)C(=C)C)(COC(=O)C(C)OC(=O)C(=C)C)COC(=O)C(C)OC(=O)C(=C)C. The maximum Gasteiger partial charge on any atom is 0.347 e. The summed E-state index contributed by atoms with van der Waals surface area (Å²) in [5.41, 5.74) is -1.95. The molecule has 0 radical (unpaired) electrons. The van der Waals surface area contributed by atoms with Gasteiger partial charge in [-0.15, -0.1) is 0 Å². The lowest BCUT2D eigenvalue weighted by molar-refractivity contribution is -0.187. The molecule has 16 heteroatoms. The molecule has 0 aliphatic rings. The number of carbonyl (C=O) groups is 8. The molecule has 0 fully saturated rings. The quantitative estimate of drug-likeness (QED) is 0.101. The highest BCUT2D eigenvalue weighted by Crippen LogP contribution is 2.23. The summed E-state index contributed by atoms with van der Waals surface area (Å²) in [6.45, 7) is 20.6. The summed E-state index contributed by atoms with van der Waals surface area (Å²) in [6, 6.07) is 0. The first-order valence-electron chi connectivity index (χ1n) is 14.7. The number of carbonyl (C=O) groups excluding carboxylic acids is 8. The lowest BCUT2D eigenvalue weighted by Crippen LogP contribution is -2.46. The highest BCUT2D eigenvalue weighted by Gasteiger charge is 2.40. The van der Waals surface area contributed by atoms with Gasteiger partial charge in [0.2, 0.25) is 0 Å². The number of hydrogen-bond donors (Lipinski definition) is 0. The summed E-state index contributed by atoms with van der Waals surface area (Å²) in [5.74, 6) is -8.05. The summed E-state index contributed by atoms with van der Waals surface area (Å²) >= 11 is 0. The molecule has 272 valence electrons. The van der Waals surface area contributed by atoms with Gasteiger partial charge in [0.15, 0.2) is 24.4 Å². The first-order chi connectivity index (χ1) is 22.5. The van der Waals surface area contributed by atoms with Crippen LogP contribution in [0.5, 0.6) is 0 Å². The van der Waals surface area contributed by atoms with Gasteiger partial charge in [-0.25, -0.2) is 38.4 Å². The predicted octanol–water partition coefficient (Wildman–Crippen LogP) is 2.18. The molecule has 16 nitrogen and oxygen atoms in total. The van der Waals surface area contributed by atoms with E-state index in [-0.39, 0.29) is 22.3 Å². The van der Waals surface area contributed by atoms with Crippen LogP contribution in [0, 0.1) is 5.41 Å². The largest absolute Gasteiger partial charge is 0.462 e. The van der Waals surface area contributed by atoms with E-state index in [1.807, 2.05) is 0 Å². The van der Waals surface area contributed by atoms with Crippen LogP contribution in [0.3, 0.4) is 0 Å². The van der Waals surface area contributed by atoms with Gasteiger partial charge in [0, 0.05) is 22.3 Å². The standard InChI is InChI=1S/C33H44O16/c1-17(2)25(34)46-21(9)29(38)42-13-33(14-43-30(39)22(10)47-26(35)18(3)4,15-44-31(40)23(11)48-27(36)19(5)6)16-45-32(41)24(12)49-28(37)20(7)8/h21-24H,1,3,5,7,13-16H2,2,4,6,8-12H3. The van der Waals surface area contributed by atoms with Gasteiger partial charge in [-0.2, -0.15) is 0 Å². The van der Waals surface area contributed by atoms with E-state index in [1.165, 1.54) is 55.4 Å². The second-order valence-corrected chi connectivity index (χ2v) is 11.2. The fourth-order valence-electron chi connectivity index (χ4n) is 2.85. The van der Waals surface area contributed by atoms with Crippen LogP contribution in [-0.4, -0.2) is 98.6 Å². The van der Waals surface area contributed by atoms with Crippen molar-refractivity contribution < 1.29 is 76.3 Å². The number of rotatable bonds is 20. The zero-order valence-corrected chi connectivity index (χ0v) is 29.0. The third-order valence-corrected chi connectivity index (χ3v) is 5.94. The molecular formula is C33H44O16. The zero-order valence-electron chi connectivity index (χ0n) is 29.0. The topological polar surface area (TPSA) is 210 Å². The average molecular weight is 697 g/mol. The van der Waals surface area contributed by atoms with E-state index in [2.05, 4.69) is 26.3 Å². The zero-order chi connectivity index (χ0) is 38.2. The maximum absolute atomic E-state index is 12.8. The molecule has 0 rings (SSSR count). The molecule has 0 saturated carbocycles. The van der Waals surface area contributed by atoms with Gasteiger partial charge in [0.05, 0.1) is 0 Å². The van der Waals surface area contributed by atoms with Crippen molar-refractivity contribution in [1.82, 2.24) is 0 Å². The molecule has 49 heavy (non-hydrogen) atoms. The Morgan fingerprint density at radius 1 is 0.408 bits per heavy atom. The highest BCUT2D eigenvalue weighted by molar-refractivity contribution is 5.91. The van der Waals surface area contributed by atoms with Crippen LogP contribution in [0.4, 0.5) is 0 Å². The first-order valence-corrected chi connectivity index (χ1v) is 14.7. The molecule has 0 aliphatic carbocycles. The van der Waals surface area contributed by atoms with Gasteiger partial charge in [0.1, 0.15) is 31.8 Å². The lowest BCUT2D eigenvalue weighted by Gasteiger charge is -2.32. The fourth-order valence-corrected chi connectivity index (χ4v) is 2.85. The Kier molecular flexibility index (Phi) is 18.0. The highest BCUT2D eigenvalue weighted by atomic mass is 16.6. The molecule has 0 aromatic heterocycles. The number of hydrogen-bond acceptors (Lipinski definition) is 16. The van der Waals surface area contributed by atoms with Gasteiger partial charge in [0.25, 0.3) is 0 Å². The third-order valence-electron chi connectivity index (χ3n) is 5.94. The van der Waals surface area contributed by atoms with E-state index < -0.39 is 104 Å². The molecule has 0 saturated heterocycles. The average Bonchev–Trinajstić information content (AvgIpc) is 3.02. The summed E-state index contributed by atoms with van der Waals surface area (Å²) in [5, 5.41) is 0. The van der Waals surface area contributed by atoms with Crippen LogP contribution >= 0.6 is 0 Å². The Balaban J connectivity index is 6.48. The van der Waals surface area contributed by atoms with Crippen LogP contribution in [0.1, 0.15) is 55.4 Å². The Bertz CT molecular complexity index is 1150. The van der Waals surface area contributed by atoms with Crippen LogP contribution < -0.4 is 0 Å². The van der Waals surface area contributed by atoms with Crippen LogP contribution in [0.25, 0.3) is 0 Å². The fraction of sp³-hybridized carbons (Fsp3) is 0.515. The van der Waals surface area contributed by atoms with Gasteiger partial charge in [-0.1, -0.05) is 26.3 Å². The van der Waals surface area contributed by atoms with E-state index in [0.717, 1.165) is 0 Å². The van der Waals surface area contributed by atoms with Crippen molar-refractivity contribution in [2.75, 3.05) is 26.4 Å². The number of esters is 8. The first kappa shape index (κ1) is 43.7. The van der Waals surface area contributed by atoms with Gasteiger partial charge >= 0.3 is 47.8 Å². The molecule has 4 atom stereocenters. The van der Waals surface area contributed by atoms with E-state index in [0.29, 0.717) is 0 Å². The Labute approximate surface area is 284 Å². The Morgan fingerprint density at radius 3 is 0.714 bits per heavy atom. The van der Waals surface area contributed by atoms with Crippen molar-refractivity contribution in [3.63, 3.8) is 0 Å². The summed E-state index contributed by atoms with van der Waals surface area (Å²) in [4.78, 5) is 98.8. The summed E-state index contributed by atoms with van der Waals surface area (Å²) in [7, 11) is 0. The van der Waals surface area contributed by atoms with Crippen molar-refractivity contribution >= 4 is 47.8 Å². The van der Waals surface area contributed by atoms with Crippen LogP contribution in [-0.2, 0) is 76.3 Å². The van der Waals surface area contributed by atoms with Gasteiger partial charge < -0.3 is 37.9 Å². The molecule has 0 aromatic rings. The van der Waals surface area contributed by atoms with Crippen molar-refractivity contribution in [2.24, 2.45) is 5.41 Å².